The van der Waals surface area contributed by atoms with Gasteiger partial charge in [-0.3, -0.25) is 0 Å². The molecular weight excluding hydrogens is 110 g/mol. The minimum atomic E-state index is -1.12. The van der Waals surface area contributed by atoms with E-state index >= 15 is 0 Å². The Morgan fingerprint density at radius 2 is 2.25 bits per heavy atom. The molecule has 0 saturated heterocycles. The molecule has 4 nitrogen and oxygen atoms in total. The van der Waals surface area contributed by atoms with Gasteiger partial charge in [-0.2, -0.15) is 0 Å². The van der Waals surface area contributed by atoms with Crippen molar-refractivity contribution in [1.82, 2.24) is 0 Å². The number of carboxylic acid groups (broad SMARTS) is 1. The number of aliphatic carboxylic acids is 1. The summed E-state index contributed by atoms with van der Waals surface area (Å²) in [5.41, 5.74) is -0.0556. The molecule has 0 bridgehead atoms. The number of carboxylic acids is 1. The molecule has 1 N–H and O–H groups in total. The van der Waals surface area contributed by atoms with Gasteiger partial charge in [-0.15, -0.1) is 4.91 Å². The molecule has 0 aromatic rings. The van der Waals surface area contributed by atoms with Crippen LogP contribution in [0, 0.1) is 4.91 Å². The molecule has 0 saturated carbocycles. The second-order valence-corrected chi connectivity index (χ2v) is 1.22. The molecule has 0 aliphatic rings. The molecule has 0 aliphatic heterocycles. The van der Waals surface area contributed by atoms with Gasteiger partial charge in [-0.1, -0.05) is 0 Å². The molecule has 0 rings (SSSR count). The zero-order valence-electron chi connectivity index (χ0n) is 4.29. The van der Waals surface area contributed by atoms with E-state index in [0.29, 0.717) is 0 Å². The highest BCUT2D eigenvalue weighted by Gasteiger charge is 1.96. The highest BCUT2D eigenvalue weighted by atomic mass is 16.4. The van der Waals surface area contributed by atoms with Gasteiger partial charge in [0, 0.05) is 0 Å². The summed E-state index contributed by atoms with van der Waals surface area (Å²) in [5.74, 6) is -1.12. The number of hydrogen-bond acceptors (Lipinski definition) is 3. The van der Waals surface area contributed by atoms with Gasteiger partial charge >= 0.3 is 5.97 Å². The fourth-order valence-electron chi connectivity index (χ4n) is 0.134. The first kappa shape index (κ1) is 6.81. The van der Waals surface area contributed by atoms with Crippen LogP contribution in [-0.4, -0.2) is 11.1 Å². The van der Waals surface area contributed by atoms with Crippen molar-refractivity contribution in [3.8, 4) is 0 Å². The molecule has 8 heavy (non-hydrogen) atoms. The average molecular weight is 115 g/mol. The third-order valence-electron chi connectivity index (χ3n) is 0.584. The van der Waals surface area contributed by atoms with Gasteiger partial charge in [0.2, 0.25) is 0 Å². The van der Waals surface area contributed by atoms with Crippen LogP contribution in [0.5, 0.6) is 0 Å². The molecule has 0 unspecified atom stereocenters. The highest BCUT2D eigenvalue weighted by molar-refractivity contribution is 5.85. The molecular formula is C4H5NO3. The van der Waals surface area contributed by atoms with E-state index in [1.807, 2.05) is 0 Å². The summed E-state index contributed by atoms with van der Waals surface area (Å²) in [6.07, 6.45) is 0.752. The maximum absolute atomic E-state index is 9.82. The topological polar surface area (TPSA) is 66.7 Å². The van der Waals surface area contributed by atoms with Crippen LogP contribution in [0.25, 0.3) is 0 Å². The number of hydrogen-bond donors (Lipinski definition) is 1. The van der Waals surface area contributed by atoms with Gasteiger partial charge in [0.05, 0.1) is 11.8 Å². The van der Waals surface area contributed by atoms with Crippen molar-refractivity contribution >= 4 is 5.97 Å². The summed E-state index contributed by atoms with van der Waals surface area (Å²) in [6, 6.07) is 0. The van der Waals surface area contributed by atoms with Gasteiger partial charge in [0.25, 0.3) is 0 Å². The molecule has 0 radical (unpaired) electrons. The molecule has 0 fully saturated rings. The van der Waals surface area contributed by atoms with Gasteiger partial charge < -0.3 is 5.11 Å². The maximum atomic E-state index is 9.82. The van der Waals surface area contributed by atoms with E-state index < -0.39 is 5.97 Å². The van der Waals surface area contributed by atoms with E-state index in [-0.39, 0.29) is 5.57 Å². The molecule has 44 valence electrons. The van der Waals surface area contributed by atoms with Crippen molar-refractivity contribution < 1.29 is 9.90 Å². The number of nitrogens with zero attached hydrogens (tertiary/aromatic N) is 1. The van der Waals surface area contributed by atoms with E-state index in [9.17, 15) is 9.70 Å². The van der Waals surface area contributed by atoms with Gasteiger partial charge in [-0.25, -0.2) is 4.79 Å². The van der Waals surface area contributed by atoms with Crippen molar-refractivity contribution in [3.05, 3.63) is 16.7 Å². The third kappa shape index (κ3) is 2.07. The lowest BCUT2D eigenvalue weighted by Gasteiger charge is -1.82. The van der Waals surface area contributed by atoms with Crippen LogP contribution in [0.15, 0.2) is 16.9 Å². The fourth-order valence-corrected chi connectivity index (χ4v) is 0.134. The first-order valence-corrected chi connectivity index (χ1v) is 1.91. The average Bonchev–Trinajstić information content (AvgIpc) is 1.67. The Balaban J connectivity index is 3.99. The van der Waals surface area contributed by atoms with Crippen LogP contribution < -0.4 is 0 Å². The van der Waals surface area contributed by atoms with Crippen molar-refractivity contribution in [2.75, 3.05) is 0 Å². The van der Waals surface area contributed by atoms with Crippen LogP contribution in [0.1, 0.15) is 6.92 Å². The number of rotatable bonds is 2. The van der Waals surface area contributed by atoms with Crippen molar-refractivity contribution in [2.24, 2.45) is 5.18 Å². The molecule has 0 atom stereocenters. The summed E-state index contributed by atoms with van der Waals surface area (Å²) >= 11 is 0. The van der Waals surface area contributed by atoms with E-state index in [2.05, 4.69) is 5.18 Å². The lowest BCUT2D eigenvalue weighted by Crippen LogP contribution is -1.94. The molecule has 0 amide bonds. The standard InChI is InChI=1S/C4H5NO3/c1-3(2-5-8)4(6)7/h2H,1H3,(H,6,7). The minimum absolute atomic E-state index is 0.0556. The predicted octanol–water partition coefficient (Wildman–Crippen LogP) is 0.741. The molecule has 4 heteroatoms. The molecule has 0 aromatic carbocycles. The summed E-state index contributed by atoms with van der Waals surface area (Å²) in [4.78, 5) is 19.2. The smallest absolute Gasteiger partial charge is 0.332 e. The van der Waals surface area contributed by atoms with Crippen molar-refractivity contribution in [1.29, 1.82) is 0 Å². The lowest BCUT2D eigenvalue weighted by atomic mass is 10.3. The zero-order valence-corrected chi connectivity index (χ0v) is 4.29. The summed E-state index contributed by atoms with van der Waals surface area (Å²) in [5, 5.41) is 10.3. The predicted molar refractivity (Wildman–Crippen MR) is 27.2 cm³/mol. The number of nitroso groups, excluding NO2 is 1. The van der Waals surface area contributed by atoms with Crippen molar-refractivity contribution in [2.45, 2.75) is 6.92 Å². The summed E-state index contributed by atoms with van der Waals surface area (Å²) < 4.78 is 0. The maximum Gasteiger partial charge on any atom is 0.332 e. The Morgan fingerprint density at radius 3 is 2.38 bits per heavy atom. The Kier molecular flexibility index (Phi) is 2.47. The van der Waals surface area contributed by atoms with Crippen LogP contribution in [-0.2, 0) is 4.79 Å². The van der Waals surface area contributed by atoms with E-state index in [4.69, 9.17) is 5.11 Å². The zero-order chi connectivity index (χ0) is 6.57. The van der Waals surface area contributed by atoms with Crippen molar-refractivity contribution in [3.63, 3.8) is 0 Å². The monoisotopic (exact) mass is 115 g/mol. The normalized spacial score (nSPS) is 10.9. The molecule has 0 aliphatic carbocycles. The Morgan fingerprint density at radius 1 is 1.75 bits per heavy atom. The lowest BCUT2D eigenvalue weighted by molar-refractivity contribution is -0.132. The quantitative estimate of drug-likeness (QED) is 0.426. The molecule has 0 spiro atoms. The summed E-state index contributed by atoms with van der Waals surface area (Å²) in [6.45, 7) is 1.30. The first-order valence-electron chi connectivity index (χ1n) is 1.91. The van der Waals surface area contributed by atoms with E-state index in [1.54, 1.807) is 0 Å². The van der Waals surface area contributed by atoms with Gasteiger partial charge in [0.1, 0.15) is 0 Å². The van der Waals surface area contributed by atoms with Crippen LogP contribution >= 0.6 is 0 Å². The molecule has 0 heterocycles. The SMILES string of the molecule is CC(=CN=O)C(=O)O. The van der Waals surface area contributed by atoms with Gasteiger partial charge in [-0.05, 0) is 12.1 Å². The number of carbonyl (C=O) groups is 1. The van der Waals surface area contributed by atoms with Gasteiger partial charge in [0.15, 0.2) is 0 Å². The van der Waals surface area contributed by atoms with E-state index in [0.717, 1.165) is 6.20 Å². The largest absolute Gasteiger partial charge is 0.478 e. The first-order chi connectivity index (χ1) is 3.68. The van der Waals surface area contributed by atoms with Crippen LogP contribution in [0.4, 0.5) is 0 Å². The Bertz CT molecular complexity index is 138. The highest BCUT2D eigenvalue weighted by Crippen LogP contribution is 1.89. The third-order valence-corrected chi connectivity index (χ3v) is 0.584. The van der Waals surface area contributed by atoms with Crippen LogP contribution in [0.3, 0.4) is 0 Å². The molecule has 0 aromatic heterocycles. The fraction of sp³-hybridized carbons (Fsp3) is 0.250. The Labute approximate surface area is 45.8 Å². The second kappa shape index (κ2) is 2.90. The Hall–Kier alpha value is -1.19. The van der Waals surface area contributed by atoms with Crippen LogP contribution in [0.2, 0.25) is 0 Å². The summed E-state index contributed by atoms with van der Waals surface area (Å²) in [7, 11) is 0. The van der Waals surface area contributed by atoms with E-state index in [1.165, 1.54) is 6.92 Å². The minimum Gasteiger partial charge on any atom is -0.478 e. The second-order valence-electron chi connectivity index (χ2n) is 1.22.